The fraction of sp³-hybridized carbons (Fsp3) is 0.235. The van der Waals surface area contributed by atoms with Gasteiger partial charge in [-0.25, -0.2) is 8.42 Å². The van der Waals surface area contributed by atoms with Gasteiger partial charge in [-0.2, -0.15) is 4.31 Å². The third kappa shape index (κ3) is 4.27. The van der Waals surface area contributed by atoms with Crippen LogP contribution >= 0.6 is 15.9 Å². The summed E-state index contributed by atoms with van der Waals surface area (Å²) >= 11 is 3.35. The fourth-order valence-corrected chi connectivity index (χ4v) is 4.49. The maximum atomic E-state index is 12.7. The van der Waals surface area contributed by atoms with Crippen molar-refractivity contribution in [3.05, 3.63) is 58.6 Å². The predicted molar refractivity (Wildman–Crippen MR) is 100 cm³/mol. The molecule has 2 aromatic rings. The van der Waals surface area contributed by atoms with E-state index in [4.69, 9.17) is 0 Å². The molecule has 0 saturated carbocycles. The Morgan fingerprint density at radius 1 is 1.08 bits per heavy atom. The number of carbonyl (C=O) groups is 1. The number of nitrogens with zero attached hydrogens (tertiary/aromatic N) is 1. The van der Waals surface area contributed by atoms with Gasteiger partial charge in [-0.05, 0) is 36.4 Å². The summed E-state index contributed by atoms with van der Waals surface area (Å²) in [6.45, 7) is 2.11. The summed E-state index contributed by atoms with van der Waals surface area (Å²) in [5, 5.41) is 5.90. The highest BCUT2D eigenvalue weighted by atomic mass is 79.9. The van der Waals surface area contributed by atoms with Crippen LogP contribution in [0.2, 0.25) is 0 Å². The molecule has 0 atom stereocenters. The van der Waals surface area contributed by atoms with Crippen molar-refractivity contribution < 1.29 is 13.2 Å². The second kappa shape index (κ2) is 7.65. The lowest BCUT2D eigenvalue weighted by molar-refractivity contribution is 0.102. The van der Waals surface area contributed by atoms with Crippen molar-refractivity contribution in [1.82, 2.24) is 9.62 Å². The molecule has 1 heterocycles. The minimum atomic E-state index is -3.59. The van der Waals surface area contributed by atoms with Crippen LogP contribution < -0.4 is 10.6 Å². The van der Waals surface area contributed by atoms with Gasteiger partial charge in [0.05, 0.1) is 4.90 Å². The lowest BCUT2D eigenvalue weighted by atomic mass is 10.2. The van der Waals surface area contributed by atoms with Crippen molar-refractivity contribution in [3.8, 4) is 0 Å². The number of anilines is 1. The average Bonchev–Trinajstić information content (AvgIpc) is 2.62. The Balaban J connectivity index is 1.82. The highest BCUT2D eigenvalue weighted by Gasteiger charge is 2.26. The monoisotopic (exact) mass is 423 g/mol. The van der Waals surface area contributed by atoms with Gasteiger partial charge < -0.3 is 10.6 Å². The predicted octanol–water partition coefficient (Wildman–Crippen LogP) is 2.30. The van der Waals surface area contributed by atoms with Gasteiger partial charge in [0.25, 0.3) is 5.91 Å². The summed E-state index contributed by atoms with van der Waals surface area (Å²) < 4.78 is 27.7. The van der Waals surface area contributed by atoms with E-state index < -0.39 is 10.0 Å². The summed E-state index contributed by atoms with van der Waals surface area (Å²) in [5.74, 6) is -0.351. The topological polar surface area (TPSA) is 78.5 Å². The van der Waals surface area contributed by atoms with Gasteiger partial charge in [-0.3, -0.25) is 4.79 Å². The van der Waals surface area contributed by atoms with E-state index in [-0.39, 0.29) is 10.8 Å². The number of nitrogens with one attached hydrogen (secondary N) is 2. The quantitative estimate of drug-likeness (QED) is 0.790. The normalized spacial score (nSPS) is 15.7. The zero-order valence-corrected chi connectivity index (χ0v) is 15.8. The van der Waals surface area contributed by atoms with Gasteiger partial charge in [0, 0.05) is 41.9 Å². The van der Waals surface area contributed by atoms with Crippen molar-refractivity contribution in [1.29, 1.82) is 0 Å². The maximum absolute atomic E-state index is 12.7. The van der Waals surface area contributed by atoms with Crippen LogP contribution in [0.3, 0.4) is 0 Å². The van der Waals surface area contributed by atoms with Crippen molar-refractivity contribution in [2.45, 2.75) is 4.90 Å². The summed E-state index contributed by atoms with van der Waals surface area (Å²) in [4.78, 5) is 12.6. The summed E-state index contributed by atoms with van der Waals surface area (Å²) in [7, 11) is -3.59. The Morgan fingerprint density at radius 2 is 1.80 bits per heavy atom. The summed E-state index contributed by atoms with van der Waals surface area (Å²) in [5.41, 5.74) is 0.936. The zero-order valence-electron chi connectivity index (χ0n) is 13.4. The SMILES string of the molecule is O=C(Nc1cccc(Br)c1)c1cccc(S(=O)(=O)N2CCNCC2)c1. The first-order valence-corrected chi connectivity index (χ1v) is 10.1. The number of halogens is 1. The Morgan fingerprint density at radius 3 is 2.52 bits per heavy atom. The van der Waals surface area contributed by atoms with Crippen molar-refractivity contribution in [2.75, 3.05) is 31.5 Å². The third-order valence-electron chi connectivity index (χ3n) is 3.89. The number of sulfonamides is 1. The first-order valence-electron chi connectivity index (χ1n) is 7.85. The molecule has 0 aliphatic carbocycles. The Labute approximate surface area is 155 Å². The first kappa shape index (κ1) is 18.1. The second-order valence-electron chi connectivity index (χ2n) is 5.65. The summed E-state index contributed by atoms with van der Waals surface area (Å²) in [6.07, 6.45) is 0. The van der Waals surface area contributed by atoms with Gasteiger partial charge >= 0.3 is 0 Å². The number of benzene rings is 2. The molecule has 0 bridgehead atoms. The third-order valence-corrected chi connectivity index (χ3v) is 6.28. The lowest BCUT2D eigenvalue weighted by Gasteiger charge is -2.26. The maximum Gasteiger partial charge on any atom is 0.255 e. The number of rotatable bonds is 4. The van der Waals surface area contributed by atoms with E-state index in [1.807, 2.05) is 12.1 Å². The first-order chi connectivity index (χ1) is 12.0. The van der Waals surface area contributed by atoms with Crippen LogP contribution in [0.5, 0.6) is 0 Å². The van der Waals surface area contributed by atoms with Crippen LogP contribution in [0, 0.1) is 0 Å². The van der Waals surface area contributed by atoms with Crippen LogP contribution in [0.25, 0.3) is 0 Å². The van der Waals surface area contributed by atoms with Crippen LogP contribution in [0.15, 0.2) is 57.9 Å². The number of carbonyl (C=O) groups excluding carboxylic acids is 1. The molecule has 0 unspecified atom stereocenters. The van der Waals surface area contributed by atoms with Crippen LogP contribution in [-0.2, 0) is 10.0 Å². The van der Waals surface area contributed by atoms with E-state index in [1.165, 1.54) is 16.4 Å². The molecular weight excluding hydrogens is 406 g/mol. The molecular formula is C17H18BrN3O3S. The lowest BCUT2D eigenvalue weighted by Crippen LogP contribution is -2.46. The molecule has 6 nitrogen and oxygen atoms in total. The average molecular weight is 424 g/mol. The molecule has 132 valence electrons. The Bertz CT molecular complexity index is 880. The number of hydrogen-bond donors (Lipinski definition) is 2. The largest absolute Gasteiger partial charge is 0.322 e. The molecule has 2 aromatic carbocycles. The van der Waals surface area contributed by atoms with E-state index in [2.05, 4.69) is 26.6 Å². The van der Waals surface area contributed by atoms with Crippen molar-refractivity contribution >= 4 is 37.5 Å². The number of amides is 1. The molecule has 1 aliphatic rings. The molecule has 8 heteroatoms. The van der Waals surface area contributed by atoms with E-state index in [0.29, 0.717) is 37.4 Å². The highest BCUT2D eigenvalue weighted by molar-refractivity contribution is 9.10. The molecule has 0 spiro atoms. The Kier molecular flexibility index (Phi) is 5.53. The van der Waals surface area contributed by atoms with Crippen molar-refractivity contribution in [3.63, 3.8) is 0 Å². The fourth-order valence-electron chi connectivity index (χ4n) is 2.60. The smallest absolute Gasteiger partial charge is 0.255 e. The van der Waals surface area contributed by atoms with Gasteiger partial charge in [-0.15, -0.1) is 0 Å². The Hall–Kier alpha value is -1.74. The van der Waals surface area contributed by atoms with Gasteiger partial charge in [-0.1, -0.05) is 28.1 Å². The molecule has 1 aliphatic heterocycles. The zero-order chi connectivity index (χ0) is 17.9. The van der Waals surface area contributed by atoms with Crippen LogP contribution in [0.1, 0.15) is 10.4 Å². The van der Waals surface area contributed by atoms with Crippen molar-refractivity contribution in [2.24, 2.45) is 0 Å². The molecule has 3 rings (SSSR count). The molecule has 1 fully saturated rings. The summed E-state index contributed by atoms with van der Waals surface area (Å²) in [6, 6.07) is 13.3. The van der Waals surface area contributed by atoms with E-state index in [0.717, 1.165) is 4.47 Å². The highest BCUT2D eigenvalue weighted by Crippen LogP contribution is 2.20. The second-order valence-corrected chi connectivity index (χ2v) is 8.50. The molecule has 2 N–H and O–H groups in total. The minimum absolute atomic E-state index is 0.135. The van der Waals surface area contributed by atoms with Gasteiger partial charge in [0.2, 0.25) is 10.0 Å². The van der Waals surface area contributed by atoms with Crippen LogP contribution in [-0.4, -0.2) is 44.8 Å². The molecule has 0 aromatic heterocycles. The molecule has 25 heavy (non-hydrogen) atoms. The van der Waals surface area contributed by atoms with E-state index in [1.54, 1.807) is 24.3 Å². The number of hydrogen-bond acceptors (Lipinski definition) is 4. The standard InChI is InChI=1S/C17H18BrN3O3S/c18-14-4-2-5-15(12-14)20-17(22)13-3-1-6-16(11-13)25(23,24)21-9-7-19-8-10-21/h1-6,11-12,19H,7-10H2,(H,20,22). The molecule has 0 radical (unpaired) electrons. The van der Waals surface area contributed by atoms with Gasteiger partial charge in [0.1, 0.15) is 0 Å². The van der Waals surface area contributed by atoms with Crippen LogP contribution in [0.4, 0.5) is 5.69 Å². The van der Waals surface area contributed by atoms with Gasteiger partial charge in [0.15, 0.2) is 0 Å². The van der Waals surface area contributed by atoms with E-state index >= 15 is 0 Å². The number of piperazine rings is 1. The van der Waals surface area contributed by atoms with E-state index in [9.17, 15) is 13.2 Å². The minimum Gasteiger partial charge on any atom is -0.322 e. The molecule has 1 amide bonds. The molecule has 1 saturated heterocycles.